The molecule has 0 heterocycles. The molecule has 90 valence electrons. The maximum absolute atomic E-state index is 8.93. The summed E-state index contributed by atoms with van der Waals surface area (Å²) < 4.78 is 51.9. The summed E-state index contributed by atoms with van der Waals surface area (Å²) in [7, 11) is 0. The van der Waals surface area contributed by atoms with Gasteiger partial charge in [0.2, 0.25) is 0 Å². The number of nitriles is 1. The zero-order valence-electron chi connectivity index (χ0n) is 14.7. The fraction of sp³-hybridized carbons (Fsp3) is 0. The molecule has 0 saturated heterocycles. The van der Waals surface area contributed by atoms with Gasteiger partial charge in [-0.05, 0) is 36.3 Å². The smallest absolute Gasteiger partial charge is 0.150 e. The average Bonchev–Trinajstić information content (AvgIpc) is 2.56. The van der Waals surface area contributed by atoms with E-state index in [1.807, 2.05) is 0 Å². The van der Waals surface area contributed by atoms with Gasteiger partial charge in [-0.3, -0.25) is 0 Å². The summed E-state index contributed by atoms with van der Waals surface area (Å²) in [5.41, 5.74) is 4.91. The Morgan fingerprint density at radius 3 is 2.44 bits per heavy atom. The lowest BCUT2D eigenvalue weighted by Gasteiger charge is -2.09. The number of nitrogens with two attached hydrogens (primary N) is 1. The monoisotopic (exact) mass is 284 g/mol. The number of ether oxygens (including phenoxy) is 1. The third-order valence-electron chi connectivity index (χ3n) is 1.79. The Bertz CT molecular complexity index is 855. The van der Waals surface area contributed by atoms with Crippen LogP contribution in [0.25, 0.3) is 0 Å². The van der Waals surface area contributed by atoms with Crippen LogP contribution in [0.5, 0.6) is 11.5 Å². The summed E-state index contributed by atoms with van der Waals surface area (Å²) in [6.45, 7) is 0. The lowest BCUT2D eigenvalue weighted by Crippen LogP contribution is -1.93. The molecular weight excluding hydrogens is 271 g/mol. The van der Waals surface area contributed by atoms with Gasteiger partial charge in [-0.1, -0.05) is 23.2 Å². The van der Waals surface area contributed by atoms with Crippen LogP contribution in [0.4, 0.5) is 5.69 Å². The Morgan fingerprint density at radius 2 is 1.83 bits per heavy atom. The zero-order chi connectivity index (χ0) is 18.3. The van der Waals surface area contributed by atoms with Gasteiger partial charge in [0.25, 0.3) is 0 Å². The highest BCUT2D eigenvalue weighted by Crippen LogP contribution is 2.31. The van der Waals surface area contributed by atoms with Gasteiger partial charge in [-0.25, -0.2) is 0 Å². The van der Waals surface area contributed by atoms with Crippen LogP contribution in [0.15, 0.2) is 36.3 Å². The number of hydrogen-bond acceptors (Lipinski definition) is 3. The van der Waals surface area contributed by atoms with Crippen LogP contribution in [0.1, 0.15) is 13.8 Å². The number of nitrogen functional groups attached to an aromatic ring is 1. The highest BCUT2D eigenvalue weighted by Gasteiger charge is 2.05. The minimum Gasteiger partial charge on any atom is -0.455 e. The zero-order valence-corrected chi connectivity index (χ0v) is 10.2. The van der Waals surface area contributed by atoms with E-state index < -0.39 is 53.4 Å². The van der Waals surface area contributed by atoms with Crippen LogP contribution in [0.2, 0.25) is 10.0 Å². The number of hydrogen-bond donors (Lipinski definition) is 1. The molecule has 0 saturated carbocycles. The molecule has 0 radical (unpaired) electrons. The Labute approximate surface area is 123 Å². The molecule has 0 unspecified atom stereocenters. The first-order valence-corrected chi connectivity index (χ1v) is 5.30. The molecule has 3 nitrogen and oxygen atoms in total. The minimum absolute atomic E-state index is 0.359. The molecular formula is C13H8Cl2N2O. The van der Waals surface area contributed by atoms with E-state index in [4.69, 9.17) is 47.2 Å². The standard InChI is InChI=1S/C13H8Cl2N2O/c14-9-4-10(15)6-11(5-9)18-13-2-1-8(7-16)3-12(13)17/h1-6H,17H2/i1D,2D,3D,4D,5D,6D. The molecule has 2 rings (SSSR count). The predicted molar refractivity (Wildman–Crippen MR) is 72.1 cm³/mol. The van der Waals surface area contributed by atoms with Gasteiger partial charge in [0, 0.05) is 10.0 Å². The van der Waals surface area contributed by atoms with Crippen LogP contribution < -0.4 is 10.5 Å². The Kier molecular flexibility index (Phi) is 1.98. The number of halogens is 2. The number of anilines is 1. The largest absolute Gasteiger partial charge is 0.455 e. The fourth-order valence-electron chi connectivity index (χ4n) is 1.09. The van der Waals surface area contributed by atoms with Gasteiger partial charge >= 0.3 is 0 Å². The third-order valence-corrected chi connectivity index (χ3v) is 2.17. The van der Waals surface area contributed by atoms with Crippen molar-refractivity contribution >= 4 is 28.9 Å². The van der Waals surface area contributed by atoms with Crippen LogP contribution in [-0.2, 0) is 0 Å². The van der Waals surface area contributed by atoms with Crippen LogP contribution >= 0.6 is 23.2 Å². The molecule has 2 aromatic rings. The third kappa shape index (κ3) is 2.86. The first-order valence-electron chi connectivity index (χ1n) is 7.55. The Balaban J connectivity index is 2.74. The second-order valence-corrected chi connectivity index (χ2v) is 3.79. The first kappa shape index (κ1) is 6.89. The van der Waals surface area contributed by atoms with Gasteiger partial charge in [-0.15, -0.1) is 0 Å². The summed E-state index contributed by atoms with van der Waals surface area (Å²) >= 11 is 11.6. The predicted octanol–water partition coefficient (Wildman–Crippen LogP) is 4.24. The molecule has 0 aliphatic heterocycles. The van der Waals surface area contributed by atoms with Crippen LogP contribution in [0.3, 0.4) is 0 Å². The van der Waals surface area contributed by atoms with Crippen molar-refractivity contribution in [3.05, 3.63) is 51.9 Å². The quantitative estimate of drug-likeness (QED) is 0.839. The summed E-state index contributed by atoms with van der Waals surface area (Å²) in [6.07, 6.45) is 0. The van der Waals surface area contributed by atoms with Crippen molar-refractivity contribution in [3.8, 4) is 17.6 Å². The van der Waals surface area contributed by atoms with Crippen molar-refractivity contribution in [2.45, 2.75) is 0 Å². The molecule has 0 fully saturated rings. The maximum Gasteiger partial charge on any atom is 0.150 e. The molecule has 0 atom stereocenters. The topological polar surface area (TPSA) is 59.0 Å². The average molecular weight is 285 g/mol. The van der Waals surface area contributed by atoms with Crippen molar-refractivity contribution in [3.63, 3.8) is 0 Å². The number of rotatable bonds is 2. The second-order valence-electron chi connectivity index (χ2n) is 3.04. The molecule has 0 bridgehead atoms. The van der Waals surface area contributed by atoms with Gasteiger partial charge in [0.1, 0.15) is 11.5 Å². The Morgan fingerprint density at radius 1 is 1.17 bits per heavy atom. The van der Waals surface area contributed by atoms with Crippen molar-refractivity contribution < 1.29 is 13.0 Å². The highest BCUT2D eigenvalue weighted by atomic mass is 35.5. The molecule has 5 heteroatoms. The van der Waals surface area contributed by atoms with Gasteiger partial charge in [0.05, 0.1) is 25.5 Å². The summed E-state index contributed by atoms with van der Waals surface area (Å²) in [5, 5.41) is 8.22. The van der Waals surface area contributed by atoms with Gasteiger partial charge in [0.15, 0.2) is 0 Å². The van der Waals surface area contributed by atoms with E-state index in [1.54, 1.807) is 6.07 Å². The van der Waals surface area contributed by atoms with Crippen LogP contribution in [0, 0.1) is 11.3 Å². The fourth-order valence-corrected chi connectivity index (χ4v) is 1.50. The van der Waals surface area contributed by atoms with Gasteiger partial charge < -0.3 is 10.5 Å². The summed E-state index contributed by atoms with van der Waals surface area (Å²) in [5.74, 6) is -0.930. The van der Waals surface area contributed by atoms with E-state index in [0.717, 1.165) is 0 Å². The summed E-state index contributed by atoms with van der Waals surface area (Å²) in [6, 6.07) is -1.49. The van der Waals surface area contributed by atoms with Crippen molar-refractivity contribution in [2.75, 3.05) is 5.73 Å². The lowest BCUT2D eigenvalue weighted by molar-refractivity contribution is 0.485. The van der Waals surface area contributed by atoms with Crippen molar-refractivity contribution in [1.29, 1.82) is 5.26 Å². The van der Waals surface area contributed by atoms with Crippen molar-refractivity contribution in [2.24, 2.45) is 0 Å². The van der Waals surface area contributed by atoms with Crippen molar-refractivity contribution in [1.82, 2.24) is 0 Å². The highest BCUT2D eigenvalue weighted by molar-refractivity contribution is 6.34. The maximum atomic E-state index is 8.93. The molecule has 2 aromatic carbocycles. The van der Waals surface area contributed by atoms with E-state index in [0.29, 0.717) is 0 Å². The lowest BCUT2D eigenvalue weighted by atomic mass is 10.2. The van der Waals surface area contributed by atoms with Gasteiger partial charge in [-0.2, -0.15) is 5.26 Å². The number of nitrogens with zero attached hydrogens (tertiary/aromatic N) is 1. The number of benzene rings is 2. The van der Waals surface area contributed by atoms with E-state index in [-0.39, 0.29) is 15.6 Å². The molecule has 0 aliphatic rings. The molecule has 2 N–H and O–H groups in total. The SMILES string of the molecule is [2H]c1c(Cl)c([2H])c(Oc2c([2H])c([2H])c(C#N)c([2H])c2N)c([2H])c1Cl. The van der Waals surface area contributed by atoms with E-state index in [9.17, 15) is 0 Å². The van der Waals surface area contributed by atoms with E-state index in [2.05, 4.69) is 0 Å². The molecule has 0 amide bonds. The van der Waals surface area contributed by atoms with Crippen LogP contribution in [-0.4, -0.2) is 0 Å². The summed E-state index contributed by atoms with van der Waals surface area (Å²) in [4.78, 5) is 0. The molecule has 0 spiro atoms. The normalized spacial score (nSPS) is 14.5. The first-order chi connectivity index (χ1) is 11.1. The molecule has 18 heavy (non-hydrogen) atoms. The second kappa shape index (κ2) is 5.18. The Hall–Kier alpha value is -1.89. The molecule has 0 aliphatic carbocycles. The van der Waals surface area contributed by atoms with E-state index >= 15 is 0 Å². The van der Waals surface area contributed by atoms with E-state index in [1.165, 1.54) is 0 Å². The molecule has 0 aromatic heterocycles. The minimum atomic E-state index is -0.582.